The molecule has 17 heavy (non-hydrogen) atoms. The van der Waals surface area contributed by atoms with Crippen molar-refractivity contribution in [3.8, 4) is 0 Å². The molecule has 0 radical (unpaired) electrons. The predicted octanol–water partition coefficient (Wildman–Crippen LogP) is 5.36. The molecule has 0 spiro atoms. The molecular weight excluding hydrogens is 296 g/mol. The maximum absolute atomic E-state index is 5.84. The fourth-order valence-electron chi connectivity index (χ4n) is 1.55. The molecule has 2 heteroatoms. The van der Waals surface area contributed by atoms with Gasteiger partial charge in [-0.25, -0.2) is 0 Å². The molecule has 0 N–H and O–H groups in total. The van der Waals surface area contributed by atoms with E-state index in [0.29, 0.717) is 0 Å². The summed E-state index contributed by atoms with van der Waals surface area (Å²) < 4.78 is 1.12. The molecule has 2 rings (SSSR count). The van der Waals surface area contributed by atoms with Crippen LogP contribution in [0.2, 0.25) is 5.02 Å². The zero-order chi connectivity index (χ0) is 12.1. The molecule has 0 aromatic heterocycles. The molecule has 0 bridgehead atoms. The average Bonchev–Trinajstić information content (AvgIpc) is 2.34. The van der Waals surface area contributed by atoms with Gasteiger partial charge in [0.1, 0.15) is 0 Å². The maximum atomic E-state index is 5.84. The molecule has 0 unspecified atom stereocenters. The number of allylic oxidation sites excluding steroid dienone is 1. The minimum Gasteiger partial charge on any atom is -0.0843 e. The molecule has 0 atom stereocenters. The Morgan fingerprint density at radius 1 is 1.00 bits per heavy atom. The first kappa shape index (κ1) is 12.4. The van der Waals surface area contributed by atoms with E-state index in [2.05, 4.69) is 34.1 Å². The molecule has 0 saturated carbocycles. The molecule has 2 aromatic carbocycles. The third-order valence-electron chi connectivity index (χ3n) is 2.47. The van der Waals surface area contributed by atoms with E-state index in [-0.39, 0.29) is 0 Å². The molecule has 2 aromatic rings. The highest BCUT2D eigenvalue weighted by Crippen LogP contribution is 2.17. The number of benzene rings is 2. The topological polar surface area (TPSA) is 0 Å². The van der Waals surface area contributed by atoms with Crippen LogP contribution in [0.3, 0.4) is 0 Å². The Kier molecular flexibility index (Phi) is 4.41. The van der Waals surface area contributed by atoms with Crippen LogP contribution < -0.4 is 0 Å². The van der Waals surface area contributed by atoms with Gasteiger partial charge in [0.25, 0.3) is 0 Å². The molecule has 0 aliphatic heterocycles. The highest BCUT2D eigenvalue weighted by Gasteiger charge is 1.93. The molecule has 0 nitrogen and oxygen atoms in total. The van der Waals surface area contributed by atoms with Crippen LogP contribution in [-0.4, -0.2) is 0 Å². The van der Waals surface area contributed by atoms with Gasteiger partial charge in [0.05, 0.1) is 0 Å². The average molecular weight is 308 g/mol. The van der Waals surface area contributed by atoms with Gasteiger partial charge in [0, 0.05) is 9.50 Å². The second-order valence-corrected chi connectivity index (χ2v) is 5.05. The second-order valence-electron chi connectivity index (χ2n) is 3.75. The van der Waals surface area contributed by atoms with E-state index >= 15 is 0 Å². The Balaban J connectivity index is 2.03. The van der Waals surface area contributed by atoms with Gasteiger partial charge in [-0.1, -0.05) is 70.0 Å². The fraction of sp³-hybridized carbons (Fsp3) is 0.0667. The molecule has 0 saturated heterocycles. The zero-order valence-electron chi connectivity index (χ0n) is 9.24. The molecule has 0 aliphatic carbocycles. The lowest BCUT2D eigenvalue weighted by Gasteiger charge is -1.98. The van der Waals surface area contributed by atoms with Crippen LogP contribution in [0, 0.1) is 0 Å². The van der Waals surface area contributed by atoms with Gasteiger partial charge in [-0.3, -0.25) is 0 Å². The summed E-state index contributed by atoms with van der Waals surface area (Å²) >= 11 is 9.36. The van der Waals surface area contributed by atoms with Gasteiger partial charge in [-0.2, -0.15) is 0 Å². The van der Waals surface area contributed by atoms with E-state index < -0.39 is 0 Å². The third-order valence-corrected chi connectivity index (χ3v) is 3.44. The Morgan fingerprint density at radius 2 is 1.71 bits per heavy atom. The highest BCUT2D eigenvalue weighted by atomic mass is 79.9. The summed E-state index contributed by atoms with van der Waals surface area (Å²) in [6.45, 7) is 0. The first-order chi connectivity index (χ1) is 8.25. The van der Waals surface area contributed by atoms with Crippen LogP contribution in [0.1, 0.15) is 11.1 Å². The SMILES string of the molecule is Clc1ccc(CC=Cc2ccccc2Br)cc1. The lowest BCUT2D eigenvalue weighted by atomic mass is 10.1. The molecule has 86 valence electrons. The Morgan fingerprint density at radius 3 is 2.41 bits per heavy atom. The van der Waals surface area contributed by atoms with E-state index in [1.807, 2.05) is 42.5 Å². The second kappa shape index (κ2) is 6.04. The van der Waals surface area contributed by atoms with Crippen LogP contribution in [-0.2, 0) is 6.42 Å². The van der Waals surface area contributed by atoms with Crippen LogP contribution in [0.25, 0.3) is 6.08 Å². The van der Waals surface area contributed by atoms with Crippen molar-refractivity contribution in [1.29, 1.82) is 0 Å². The number of halogens is 2. The normalized spacial score (nSPS) is 10.9. The van der Waals surface area contributed by atoms with E-state index in [4.69, 9.17) is 11.6 Å². The fourth-order valence-corrected chi connectivity index (χ4v) is 2.10. The standard InChI is InChI=1S/C15H12BrCl/c16-15-7-2-1-5-13(15)6-3-4-12-8-10-14(17)11-9-12/h1-3,5-11H,4H2. The smallest absolute Gasteiger partial charge is 0.0406 e. The summed E-state index contributed by atoms with van der Waals surface area (Å²) in [6.07, 6.45) is 5.19. The summed E-state index contributed by atoms with van der Waals surface area (Å²) in [7, 11) is 0. The Bertz CT molecular complexity index is 515. The van der Waals surface area contributed by atoms with E-state index in [1.54, 1.807) is 0 Å². The van der Waals surface area contributed by atoms with E-state index in [1.165, 1.54) is 11.1 Å². The van der Waals surface area contributed by atoms with Crippen molar-refractivity contribution < 1.29 is 0 Å². The summed E-state index contributed by atoms with van der Waals surface area (Å²) in [5.74, 6) is 0. The van der Waals surface area contributed by atoms with E-state index in [9.17, 15) is 0 Å². The van der Waals surface area contributed by atoms with Crippen LogP contribution in [0.4, 0.5) is 0 Å². The molecule has 0 aliphatic rings. The molecule has 0 amide bonds. The number of hydrogen-bond donors (Lipinski definition) is 0. The molecule has 0 heterocycles. The van der Waals surface area contributed by atoms with Crippen molar-refractivity contribution in [2.24, 2.45) is 0 Å². The van der Waals surface area contributed by atoms with Crippen molar-refractivity contribution in [3.63, 3.8) is 0 Å². The van der Waals surface area contributed by atoms with Gasteiger partial charge >= 0.3 is 0 Å². The maximum Gasteiger partial charge on any atom is 0.0406 e. The van der Waals surface area contributed by atoms with Gasteiger partial charge < -0.3 is 0 Å². The first-order valence-electron chi connectivity index (χ1n) is 5.41. The summed E-state index contributed by atoms with van der Waals surface area (Å²) in [6, 6.07) is 16.1. The lowest BCUT2D eigenvalue weighted by Crippen LogP contribution is -1.80. The lowest BCUT2D eigenvalue weighted by molar-refractivity contribution is 1.28. The van der Waals surface area contributed by atoms with Crippen LogP contribution in [0.15, 0.2) is 59.1 Å². The summed E-state index contributed by atoms with van der Waals surface area (Å²) in [5, 5.41) is 0.781. The van der Waals surface area contributed by atoms with Gasteiger partial charge in [-0.05, 0) is 35.7 Å². The summed E-state index contributed by atoms with van der Waals surface area (Å²) in [5.41, 5.74) is 2.46. The van der Waals surface area contributed by atoms with Gasteiger partial charge in [0.2, 0.25) is 0 Å². The van der Waals surface area contributed by atoms with Crippen molar-refractivity contribution in [1.82, 2.24) is 0 Å². The predicted molar refractivity (Wildman–Crippen MR) is 78.3 cm³/mol. The minimum atomic E-state index is 0.781. The number of hydrogen-bond acceptors (Lipinski definition) is 0. The van der Waals surface area contributed by atoms with Crippen molar-refractivity contribution in [3.05, 3.63) is 75.2 Å². The van der Waals surface area contributed by atoms with Gasteiger partial charge in [-0.15, -0.1) is 0 Å². The third kappa shape index (κ3) is 3.72. The quantitative estimate of drug-likeness (QED) is 0.716. The monoisotopic (exact) mass is 306 g/mol. The van der Waals surface area contributed by atoms with Gasteiger partial charge in [0.15, 0.2) is 0 Å². The zero-order valence-corrected chi connectivity index (χ0v) is 11.6. The molecular formula is C15H12BrCl. The summed E-state index contributed by atoms with van der Waals surface area (Å²) in [4.78, 5) is 0. The first-order valence-corrected chi connectivity index (χ1v) is 6.58. The number of rotatable bonds is 3. The van der Waals surface area contributed by atoms with Crippen molar-refractivity contribution in [2.75, 3.05) is 0 Å². The van der Waals surface area contributed by atoms with Crippen molar-refractivity contribution >= 4 is 33.6 Å². The Labute approximate surface area is 115 Å². The largest absolute Gasteiger partial charge is 0.0843 e. The van der Waals surface area contributed by atoms with Crippen LogP contribution >= 0.6 is 27.5 Å². The highest BCUT2D eigenvalue weighted by molar-refractivity contribution is 9.10. The van der Waals surface area contributed by atoms with Crippen LogP contribution in [0.5, 0.6) is 0 Å². The molecule has 0 fully saturated rings. The van der Waals surface area contributed by atoms with Crippen molar-refractivity contribution in [2.45, 2.75) is 6.42 Å². The minimum absolute atomic E-state index is 0.781. The Hall–Kier alpha value is -1.05. The van der Waals surface area contributed by atoms with E-state index in [0.717, 1.165) is 15.9 Å².